The summed E-state index contributed by atoms with van der Waals surface area (Å²) in [6.07, 6.45) is 3.54. The molecule has 1 aromatic carbocycles. The Morgan fingerprint density at radius 1 is 0.929 bits per heavy atom. The molecule has 2 aliphatic heterocycles. The third-order valence-corrected chi connectivity index (χ3v) is 5.53. The zero-order valence-corrected chi connectivity index (χ0v) is 16.1. The molecule has 2 saturated heterocycles. The van der Waals surface area contributed by atoms with Gasteiger partial charge in [-0.1, -0.05) is 0 Å². The summed E-state index contributed by atoms with van der Waals surface area (Å²) < 4.78 is 7.37. The highest BCUT2D eigenvalue weighted by Gasteiger charge is 2.17. The standard InChI is InChI=1S/C20H25N7O/c1-15-10-16-13-24-27(18(16)11-17(15)25-4-2-21-3-5-25)20-12-19(22-14-23-20)26-6-8-28-9-7-26/h10-14,21H,2-9H2,1H3. The normalized spacial score (nSPS) is 18.0. The second-order valence-corrected chi connectivity index (χ2v) is 7.32. The second kappa shape index (κ2) is 7.37. The molecule has 146 valence electrons. The predicted octanol–water partition coefficient (Wildman–Crippen LogP) is 1.37. The number of hydrogen-bond acceptors (Lipinski definition) is 7. The molecule has 2 aliphatic rings. The van der Waals surface area contributed by atoms with Crippen molar-refractivity contribution in [3.05, 3.63) is 36.3 Å². The van der Waals surface area contributed by atoms with Crippen molar-refractivity contribution < 1.29 is 4.74 Å². The highest BCUT2D eigenvalue weighted by atomic mass is 16.5. The van der Waals surface area contributed by atoms with Crippen molar-refractivity contribution in [3.63, 3.8) is 0 Å². The van der Waals surface area contributed by atoms with E-state index in [9.17, 15) is 0 Å². The van der Waals surface area contributed by atoms with Gasteiger partial charge < -0.3 is 19.9 Å². The maximum absolute atomic E-state index is 5.45. The minimum absolute atomic E-state index is 0.733. The molecule has 28 heavy (non-hydrogen) atoms. The second-order valence-electron chi connectivity index (χ2n) is 7.32. The molecule has 8 heteroatoms. The molecule has 3 aromatic rings. The van der Waals surface area contributed by atoms with Crippen LogP contribution in [0.1, 0.15) is 5.56 Å². The molecule has 1 N–H and O–H groups in total. The van der Waals surface area contributed by atoms with Gasteiger partial charge in [0, 0.05) is 56.4 Å². The lowest BCUT2D eigenvalue weighted by atomic mass is 10.1. The quantitative estimate of drug-likeness (QED) is 0.737. The number of morpholine rings is 1. The number of nitrogens with one attached hydrogen (secondary N) is 1. The number of piperazine rings is 1. The zero-order chi connectivity index (χ0) is 18.9. The summed E-state index contributed by atoms with van der Waals surface area (Å²) in [5.74, 6) is 1.72. The predicted molar refractivity (Wildman–Crippen MR) is 110 cm³/mol. The molecule has 0 aliphatic carbocycles. The van der Waals surface area contributed by atoms with Gasteiger partial charge in [0.15, 0.2) is 5.82 Å². The van der Waals surface area contributed by atoms with Gasteiger partial charge in [0.25, 0.3) is 0 Å². The Labute approximate surface area is 164 Å². The van der Waals surface area contributed by atoms with Gasteiger partial charge >= 0.3 is 0 Å². The van der Waals surface area contributed by atoms with Gasteiger partial charge in [0.1, 0.15) is 12.1 Å². The van der Waals surface area contributed by atoms with E-state index in [1.165, 1.54) is 11.3 Å². The molecule has 0 bridgehead atoms. The first-order valence-electron chi connectivity index (χ1n) is 9.89. The lowest BCUT2D eigenvalue weighted by Crippen LogP contribution is -2.43. The van der Waals surface area contributed by atoms with Gasteiger partial charge in [-0.25, -0.2) is 14.6 Å². The average molecular weight is 379 g/mol. The van der Waals surface area contributed by atoms with E-state index in [0.717, 1.165) is 75.0 Å². The maximum Gasteiger partial charge on any atom is 0.159 e. The number of hydrogen-bond donors (Lipinski definition) is 1. The van der Waals surface area contributed by atoms with Gasteiger partial charge in [-0.3, -0.25) is 0 Å². The van der Waals surface area contributed by atoms with Crippen LogP contribution in [0.5, 0.6) is 0 Å². The number of benzene rings is 1. The van der Waals surface area contributed by atoms with E-state index >= 15 is 0 Å². The third-order valence-electron chi connectivity index (χ3n) is 5.53. The Kier molecular flexibility index (Phi) is 4.58. The van der Waals surface area contributed by atoms with Crippen molar-refractivity contribution in [2.45, 2.75) is 6.92 Å². The smallest absolute Gasteiger partial charge is 0.159 e. The third kappa shape index (κ3) is 3.18. The Morgan fingerprint density at radius 3 is 2.54 bits per heavy atom. The monoisotopic (exact) mass is 379 g/mol. The molecule has 0 unspecified atom stereocenters. The highest BCUT2D eigenvalue weighted by Crippen LogP contribution is 2.28. The van der Waals surface area contributed by atoms with Gasteiger partial charge in [0.05, 0.1) is 24.9 Å². The van der Waals surface area contributed by atoms with Crippen LogP contribution in [0.25, 0.3) is 16.7 Å². The van der Waals surface area contributed by atoms with Crippen LogP contribution in [0.2, 0.25) is 0 Å². The molecule has 0 spiro atoms. The van der Waals surface area contributed by atoms with Crippen molar-refractivity contribution in [3.8, 4) is 5.82 Å². The van der Waals surface area contributed by atoms with Crippen LogP contribution in [0.3, 0.4) is 0 Å². The molecule has 0 atom stereocenters. The Morgan fingerprint density at radius 2 is 1.71 bits per heavy atom. The summed E-state index contributed by atoms with van der Waals surface area (Å²) in [6, 6.07) is 6.49. The number of aryl methyl sites for hydroxylation is 1. The first-order chi connectivity index (χ1) is 13.8. The molecule has 2 aromatic heterocycles. The lowest BCUT2D eigenvalue weighted by molar-refractivity contribution is 0.122. The van der Waals surface area contributed by atoms with Crippen molar-refractivity contribution in [2.24, 2.45) is 0 Å². The Hall–Kier alpha value is -2.71. The molecule has 8 nitrogen and oxygen atoms in total. The summed E-state index contributed by atoms with van der Waals surface area (Å²) in [6.45, 7) is 9.43. The largest absolute Gasteiger partial charge is 0.378 e. The fourth-order valence-corrected chi connectivity index (χ4v) is 4.02. The van der Waals surface area contributed by atoms with E-state index in [1.54, 1.807) is 6.33 Å². The number of fused-ring (bicyclic) bond motifs is 1. The number of ether oxygens (including phenoxy) is 1. The van der Waals surface area contributed by atoms with E-state index in [2.05, 4.69) is 49.2 Å². The molecule has 5 rings (SSSR count). The minimum Gasteiger partial charge on any atom is -0.378 e. The zero-order valence-electron chi connectivity index (χ0n) is 16.1. The van der Waals surface area contributed by atoms with Crippen LogP contribution < -0.4 is 15.1 Å². The molecule has 0 amide bonds. The molecular formula is C20H25N7O. The summed E-state index contributed by atoms with van der Waals surface area (Å²) in [5.41, 5.74) is 3.63. The first kappa shape index (κ1) is 17.4. The van der Waals surface area contributed by atoms with Crippen LogP contribution in [-0.4, -0.2) is 72.2 Å². The molecule has 2 fully saturated rings. The number of aromatic nitrogens is 4. The fraction of sp³-hybridized carbons (Fsp3) is 0.450. The summed E-state index contributed by atoms with van der Waals surface area (Å²) in [5, 5.41) is 9.18. The first-order valence-corrected chi connectivity index (χ1v) is 9.89. The van der Waals surface area contributed by atoms with Gasteiger partial charge in [-0.2, -0.15) is 5.10 Å². The molecule has 0 radical (unpaired) electrons. The molecular weight excluding hydrogens is 354 g/mol. The fourth-order valence-electron chi connectivity index (χ4n) is 4.02. The number of nitrogens with zero attached hydrogens (tertiary/aromatic N) is 6. The Bertz CT molecular complexity index is 974. The molecule has 0 saturated carbocycles. The minimum atomic E-state index is 0.733. The summed E-state index contributed by atoms with van der Waals surface area (Å²) >= 11 is 0. The van der Waals surface area contributed by atoms with E-state index in [0.29, 0.717) is 0 Å². The number of rotatable bonds is 3. The van der Waals surface area contributed by atoms with Gasteiger partial charge in [-0.05, 0) is 24.6 Å². The van der Waals surface area contributed by atoms with Crippen LogP contribution >= 0.6 is 0 Å². The number of anilines is 2. The van der Waals surface area contributed by atoms with Crippen LogP contribution in [0, 0.1) is 6.92 Å². The van der Waals surface area contributed by atoms with E-state index in [4.69, 9.17) is 4.74 Å². The van der Waals surface area contributed by atoms with E-state index in [-0.39, 0.29) is 0 Å². The topological polar surface area (TPSA) is 71.3 Å². The van der Waals surface area contributed by atoms with Crippen molar-refractivity contribution >= 4 is 22.4 Å². The van der Waals surface area contributed by atoms with Crippen LogP contribution in [-0.2, 0) is 4.74 Å². The van der Waals surface area contributed by atoms with E-state index in [1.807, 2.05) is 16.9 Å². The maximum atomic E-state index is 5.45. The van der Waals surface area contributed by atoms with Crippen molar-refractivity contribution in [2.75, 3.05) is 62.3 Å². The van der Waals surface area contributed by atoms with Gasteiger partial charge in [-0.15, -0.1) is 0 Å². The summed E-state index contributed by atoms with van der Waals surface area (Å²) in [4.78, 5) is 13.6. The van der Waals surface area contributed by atoms with Crippen LogP contribution in [0.4, 0.5) is 11.5 Å². The van der Waals surface area contributed by atoms with Crippen molar-refractivity contribution in [1.29, 1.82) is 0 Å². The SMILES string of the molecule is Cc1cc2cnn(-c3cc(N4CCOCC4)ncn3)c2cc1N1CCNCC1. The van der Waals surface area contributed by atoms with E-state index < -0.39 is 0 Å². The highest BCUT2D eigenvalue weighted by molar-refractivity contribution is 5.85. The lowest BCUT2D eigenvalue weighted by Gasteiger charge is -2.30. The molecule has 4 heterocycles. The Balaban J connectivity index is 1.54. The van der Waals surface area contributed by atoms with Crippen molar-refractivity contribution in [1.82, 2.24) is 25.1 Å². The average Bonchev–Trinajstić information content (AvgIpc) is 3.17. The van der Waals surface area contributed by atoms with Gasteiger partial charge in [0.2, 0.25) is 0 Å². The summed E-state index contributed by atoms with van der Waals surface area (Å²) in [7, 11) is 0. The van der Waals surface area contributed by atoms with Crippen LogP contribution in [0.15, 0.2) is 30.7 Å².